The van der Waals surface area contributed by atoms with E-state index in [-0.39, 0.29) is 0 Å². The Hall–Kier alpha value is -1.12. The summed E-state index contributed by atoms with van der Waals surface area (Å²) in [5, 5.41) is 3.64. The molecule has 0 aliphatic carbocycles. The van der Waals surface area contributed by atoms with Gasteiger partial charge in [0.15, 0.2) is 0 Å². The number of rotatable bonds is 7. The van der Waals surface area contributed by atoms with Crippen molar-refractivity contribution in [2.24, 2.45) is 5.92 Å². The third-order valence-electron chi connectivity index (χ3n) is 4.30. The number of nitrogens with zero attached hydrogens (tertiary/aromatic N) is 1. The highest BCUT2D eigenvalue weighted by molar-refractivity contribution is 5.52. The third-order valence-corrected chi connectivity index (χ3v) is 4.30. The van der Waals surface area contributed by atoms with E-state index >= 15 is 0 Å². The summed E-state index contributed by atoms with van der Waals surface area (Å²) in [7, 11) is 0. The number of hydrogen-bond donors (Lipinski definition) is 1. The van der Waals surface area contributed by atoms with Gasteiger partial charge in [-0.15, -0.1) is 0 Å². The first-order chi connectivity index (χ1) is 10.3. The van der Waals surface area contributed by atoms with Gasteiger partial charge in [-0.05, 0) is 63.8 Å². The molecule has 1 heterocycles. The molecule has 1 aliphatic rings. The van der Waals surface area contributed by atoms with Crippen molar-refractivity contribution in [3.05, 3.63) is 41.5 Å². The Labute approximate surface area is 130 Å². The van der Waals surface area contributed by atoms with Crippen LogP contribution in [-0.4, -0.2) is 37.6 Å². The summed E-state index contributed by atoms with van der Waals surface area (Å²) >= 11 is 0. The predicted molar refractivity (Wildman–Crippen MR) is 92.4 cm³/mol. The van der Waals surface area contributed by atoms with Crippen LogP contribution in [0.3, 0.4) is 0 Å². The summed E-state index contributed by atoms with van der Waals surface area (Å²) in [6.07, 6.45) is 6.27. The lowest BCUT2D eigenvalue weighted by Gasteiger charge is -2.31. The molecule has 0 spiro atoms. The van der Waals surface area contributed by atoms with Crippen LogP contribution < -0.4 is 5.32 Å². The molecule has 0 aromatic heterocycles. The quantitative estimate of drug-likeness (QED) is 0.820. The lowest BCUT2D eigenvalue weighted by molar-refractivity contribution is 0.183. The molecule has 2 rings (SSSR count). The first-order valence-corrected chi connectivity index (χ1v) is 8.43. The highest BCUT2D eigenvalue weighted by Crippen LogP contribution is 2.16. The van der Waals surface area contributed by atoms with Crippen LogP contribution >= 0.6 is 0 Å². The summed E-state index contributed by atoms with van der Waals surface area (Å²) in [5.74, 6) is 0.864. The zero-order valence-corrected chi connectivity index (χ0v) is 13.6. The van der Waals surface area contributed by atoms with Crippen molar-refractivity contribution in [3.8, 4) is 0 Å². The summed E-state index contributed by atoms with van der Waals surface area (Å²) in [5.41, 5.74) is 2.70. The van der Waals surface area contributed by atoms with E-state index in [1.165, 1.54) is 56.6 Å². The van der Waals surface area contributed by atoms with Crippen LogP contribution in [0.15, 0.2) is 35.9 Å². The molecule has 1 saturated heterocycles. The molecule has 2 nitrogen and oxygen atoms in total. The van der Waals surface area contributed by atoms with Crippen LogP contribution in [0.1, 0.15) is 38.7 Å². The zero-order valence-electron chi connectivity index (χ0n) is 13.6. The van der Waals surface area contributed by atoms with Gasteiger partial charge in [-0.2, -0.15) is 0 Å². The summed E-state index contributed by atoms with van der Waals surface area (Å²) in [6, 6.07) is 10.6. The van der Waals surface area contributed by atoms with Gasteiger partial charge in [0.25, 0.3) is 0 Å². The maximum absolute atomic E-state index is 3.64. The highest BCUT2D eigenvalue weighted by Gasteiger charge is 2.17. The molecule has 1 aromatic rings. The Kier molecular flexibility index (Phi) is 6.98. The first-order valence-electron chi connectivity index (χ1n) is 8.43. The van der Waals surface area contributed by atoms with Crippen molar-refractivity contribution >= 4 is 6.08 Å². The van der Waals surface area contributed by atoms with Crippen LogP contribution in [0.25, 0.3) is 6.08 Å². The number of likely N-dealkylation sites (tertiary alicyclic amines) is 1. The summed E-state index contributed by atoms with van der Waals surface area (Å²) in [6.45, 7) is 10.5. The second kappa shape index (κ2) is 9.01. The fourth-order valence-electron chi connectivity index (χ4n) is 3.09. The molecule has 1 aliphatic heterocycles. The van der Waals surface area contributed by atoms with E-state index in [1.807, 2.05) is 0 Å². The molecule has 0 atom stereocenters. The van der Waals surface area contributed by atoms with Crippen molar-refractivity contribution in [1.82, 2.24) is 10.2 Å². The molecule has 1 fully saturated rings. The fourth-order valence-corrected chi connectivity index (χ4v) is 3.09. The maximum Gasteiger partial charge on any atom is 0.0165 e. The number of nitrogens with one attached hydrogen (secondary N) is 1. The predicted octanol–water partition coefficient (Wildman–Crippen LogP) is 3.80. The van der Waals surface area contributed by atoms with E-state index in [9.17, 15) is 0 Å². The van der Waals surface area contributed by atoms with Crippen LogP contribution in [0, 0.1) is 5.92 Å². The monoisotopic (exact) mass is 286 g/mol. The van der Waals surface area contributed by atoms with Gasteiger partial charge in [-0.3, -0.25) is 0 Å². The standard InChI is InChI=1S/C19H30N2/c1-3-11-21-12-9-19(10-13-21)16-20-15-17(2)14-18-7-5-4-6-8-18/h4-8,14,19-20H,3,9-13,15-16H2,1-2H3/b17-14+. The third kappa shape index (κ3) is 6.03. The molecule has 0 bridgehead atoms. The number of hydrogen-bond acceptors (Lipinski definition) is 2. The van der Waals surface area contributed by atoms with Crippen LogP contribution in [0.5, 0.6) is 0 Å². The average molecular weight is 286 g/mol. The van der Waals surface area contributed by atoms with E-state index in [0.29, 0.717) is 0 Å². The summed E-state index contributed by atoms with van der Waals surface area (Å²) in [4.78, 5) is 2.61. The number of piperidine rings is 1. The zero-order chi connectivity index (χ0) is 14.9. The second-order valence-corrected chi connectivity index (χ2v) is 6.32. The molecule has 2 heteroatoms. The van der Waals surface area contributed by atoms with Crippen molar-refractivity contribution in [2.75, 3.05) is 32.7 Å². The van der Waals surface area contributed by atoms with Gasteiger partial charge in [0.05, 0.1) is 0 Å². The lowest BCUT2D eigenvalue weighted by atomic mass is 9.96. The van der Waals surface area contributed by atoms with Crippen LogP contribution in [0.4, 0.5) is 0 Å². The van der Waals surface area contributed by atoms with E-state index < -0.39 is 0 Å². The average Bonchev–Trinajstić information content (AvgIpc) is 2.50. The van der Waals surface area contributed by atoms with E-state index in [0.717, 1.165) is 12.5 Å². The van der Waals surface area contributed by atoms with Crippen molar-refractivity contribution in [1.29, 1.82) is 0 Å². The first kappa shape index (κ1) is 16.3. The van der Waals surface area contributed by atoms with Gasteiger partial charge in [0, 0.05) is 6.54 Å². The van der Waals surface area contributed by atoms with E-state index in [1.54, 1.807) is 0 Å². The lowest BCUT2D eigenvalue weighted by Crippen LogP contribution is -2.37. The van der Waals surface area contributed by atoms with E-state index in [2.05, 4.69) is 60.5 Å². The molecule has 0 radical (unpaired) electrons. The van der Waals surface area contributed by atoms with Gasteiger partial charge in [0.1, 0.15) is 0 Å². The van der Waals surface area contributed by atoms with Gasteiger partial charge in [-0.25, -0.2) is 0 Å². The molecule has 21 heavy (non-hydrogen) atoms. The van der Waals surface area contributed by atoms with Crippen molar-refractivity contribution < 1.29 is 0 Å². The molecule has 0 unspecified atom stereocenters. The van der Waals surface area contributed by atoms with Gasteiger partial charge in [0.2, 0.25) is 0 Å². The van der Waals surface area contributed by atoms with E-state index in [4.69, 9.17) is 0 Å². The second-order valence-electron chi connectivity index (χ2n) is 6.32. The topological polar surface area (TPSA) is 15.3 Å². The Balaban J connectivity index is 1.65. The molecular formula is C19H30N2. The Bertz CT molecular complexity index is 416. The molecule has 0 saturated carbocycles. The minimum absolute atomic E-state index is 0.864. The smallest absolute Gasteiger partial charge is 0.0165 e. The van der Waals surface area contributed by atoms with Crippen LogP contribution in [-0.2, 0) is 0 Å². The molecule has 116 valence electrons. The molecule has 0 amide bonds. The Morgan fingerprint density at radius 3 is 2.62 bits per heavy atom. The SMILES string of the molecule is CCCN1CCC(CNC/C(C)=C/c2ccccc2)CC1. The largest absolute Gasteiger partial charge is 0.313 e. The van der Waals surface area contributed by atoms with Gasteiger partial charge >= 0.3 is 0 Å². The highest BCUT2D eigenvalue weighted by atomic mass is 15.1. The summed E-state index contributed by atoms with van der Waals surface area (Å²) < 4.78 is 0. The minimum Gasteiger partial charge on any atom is -0.313 e. The Morgan fingerprint density at radius 2 is 1.95 bits per heavy atom. The number of benzene rings is 1. The fraction of sp³-hybridized carbons (Fsp3) is 0.579. The van der Waals surface area contributed by atoms with Crippen molar-refractivity contribution in [3.63, 3.8) is 0 Å². The van der Waals surface area contributed by atoms with Crippen molar-refractivity contribution in [2.45, 2.75) is 33.1 Å². The van der Waals surface area contributed by atoms with Crippen LogP contribution in [0.2, 0.25) is 0 Å². The minimum atomic E-state index is 0.864. The maximum atomic E-state index is 3.64. The molecular weight excluding hydrogens is 256 g/mol. The molecule has 1 aromatic carbocycles. The normalized spacial score (nSPS) is 18.1. The van der Waals surface area contributed by atoms with Gasteiger partial charge < -0.3 is 10.2 Å². The molecule has 1 N–H and O–H groups in total. The Morgan fingerprint density at radius 1 is 1.24 bits per heavy atom. The van der Waals surface area contributed by atoms with Gasteiger partial charge in [-0.1, -0.05) is 48.9 Å².